The minimum Gasteiger partial charge on any atom is -0.478 e. The number of carboxylic acids is 2. The van der Waals surface area contributed by atoms with Gasteiger partial charge in [-0.05, 0) is 109 Å². The number of hydrogen-bond donors (Lipinski definition) is 2. The summed E-state index contributed by atoms with van der Waals surface area (Å²) in [6.45, 7) is 0. The van der Waals surface area contributed by atoms with E-state index in [1.54, 1.807) is 78.9 Å². The molecule has 4 aromatic carbocycles. The Balaban J connectivity index is 0.000000181. The van der Waals surface area contributed by atoms with Gasteiger partial charge < -0.3 is 19.0 Å². The summed E-state index contributed by atoms with van der Waals surface area (Å²) in [5.74, 6) is 5.36. The van der Waals surface area contributed by atoms with Gasteiger partial charge in [-0.15, -0.1) is 0 Å². The van der Waals surface area contributed by atoms with E-state index in [0.29, 0.717) is 62.9 Å². The maximum Gasteiger partial charge on any atom is 0.335 e. The third kappa shape index (κ3) is 9.64. The van der Waals surface area contributed by atoms with Crippen molar-refractivity contribution < 1.29 is 38.2 Å². The van der Waals surface area contributed by atoms with Crippen molar-refractivity contribution >= 4 is 127 Å². The minimum atomic E-state index is -1.04. The predicted octanol–water partition coefficient (Wildman–Crippen LogP) is 11.1. The third-order valence-corrected chi connectivity index (χ3v) is 11.8. The van der Waals surface area contributed by atoms with Crippen molar-refractivity contribution in [3.8, 4) is 23.2 Å². The zero-order chi connectivity index (χ0) is 42.5. The molecule has 2 amide bonds. The Hall–Kier alpha value is -6.18. The summed E-state index contributed by atoms with van der Waals surface area (Å²) in [6, 6.07) is 33.7. The fourth-order valence-electron chi connectivity index (χ4n) is 5.53. The Bertz CT molecular complexity index is 2840. The van der Waals surface area contributed by atoms with Crippen LogP contribution in [0.4, 0.5) is 11.4 Å². The molecule has 0 saturated carbocycles. The van der Waals surface area contributed by atoms with Gasteiger partial charge in [-0.1, -0.05) is 95.3 Å². The predicted molar refractivity (Wildman–Crippen MR) is 243 cm³/mol. The molecule has 4 heterocycles. The number of rotatable bonds is 7. The van der Waals surface area contributed by atoms with Gasteiger partial charge in [-0.2, -0.15) is 0 Å². The van der Waals surface area contributed by atoms with E-state index in [4.69, 9.17) is 66.7 Å². The monoisotopic (exact) mass is 906 g/mol. The highest BCUT2D eigenvalue weighted by atomic mass is 35.5. The molecule has 10 nitrogen and oxygen atoms in total. The number of nitrogens with zero attached hydrogens (tertiary/aromatic N) is 2. The zero-order valence-corrected chi connectivity index (χ0v) is 35.1. The van der Waals surface area contributed by atoms with Crippen LogP contribution < -0.4 is 9.80 Å². The number of amides is 2. The molecule has 0 atom stereocenters. The molecule has 0 bridgehead atoms. The van der Waals surface area contributed by atoms with Crippen molar-refractivity contribution in [3.63, 3.8) is 0 Å². The Labute approximate surface area is 371 Å². The highest BCUT2D eigenvalue weighted by molar-refractivity contribution is 8.27. The largest absolute Gasteiger partial charge is 0.478 e. The number of thioether (sulfide) groups is 2. The first-order valence-corrected chi connectivity index (χ1v) is 20.5. The molecule has 0 spiro atoms. The lowest BCUT2D eigenvalue weighted by Gasteiger charge is -2.14. The second-order valence-corrected chi connectivity index (χ2v) is 16.6. The van der Waals surface area contributed by atoms with Crippen molar-refractivity contribution in [3.05, 3.63) is 175 Å². The van der Waals surface area contributed by atoms with Crippen LogP contribution in [0.15, 0.2) is 140 Å². The second-order valence-electron chi connectivity index (χ2n) is 12.4. The Morgan fingerprint density at radius 1 is 0.617 bits per heavy atom. The molecule has 2 N–H and O–H groups in total. The van der Waals surface area contributed by atoms with Gasteiger partial charge >= 0.3 is 11.9 Å². The number of thiocarbonyl (C=S) groups is 2. The minimum absolute atomic E-state index is 0.130. The summed E-state index contributed by atoms with van der Waals surface area (Å²) in [5, 5.41) is 18.9. The summed E-state index contributed by atoms with van der Waals surface area (Å²) in [5.41, 5.74) is 2.92. The number of benzene rings is 4. The highest BCUT2D eigenvalue weighted by Crippen LogP contribution is 2.38. The molecule has 2 fully saturated rings. The normalized spacial score (nSPS) is 15.0. The molecule has 2 aliphatic heterocycles. The Morgan fingerprint density at radius 3 is 1.65 bits per heavy atom. The summed E-state index contributed by atoms with van der Waals surface area (Å²) >= 11 is 25.0. The van der Waals surface area contributed by atoms with E-state index in [9.17, 15) is 19.2 Å². The Kier molecular flexibility index (Phi) is 12.9. The number of carbonyl (C=O) groups excluding carboxylic acids is 2. The number of carbonyl (C=O) groups is 4. The molecule has 60 heavy (non-hydrogen) atoms. The van der Waals surface area contributed by atoms with Gasteiger partial charge in [0, 0.05) is 23.3 Å². The SMILES string of the molecule is O=C(O)c1ccc(N2C(=O)C(=Cc3ccc(-c4ccc(Cl)c(Cl)c4)o3)SC2=S)cc1.O=C(O)c1ccc(N2C(=O)C(=Cc3ccc(C#Cc4ccccc4)o3)SC2=S)cc1. The van der Waals surface area contributed by atoms with Crippen LogP contribution in [0.3, 0.4) is 0 Å². The smallest absolute Gasteiger partial charge is 0.335 e. The number of halogens is 2. The van der Waals surface area contributed by atoms with Crippen LogP contribution >= 0.6 is 71.2 Å². The zero-order valence-electron chi connectivity index (χ0n) is 30.3. The number of furan rings is 2. The first kappa shape index (κ1) is 42.0. The lowest BCUT2D eigenvalue weighted by molar-refractivity contribution is -0.114. The van der Waals surface area contributed by atoms with Crippen LogP contribution in [0, 0.1) is 11.8 Å². The average Bonchev–Trinajstić information content (AvgIpc) is 4.02. The van der Waals surface area contributed by atoms with Crippen LogP contribution in [0.5, 0.6) is 0 Å². The number of aromatic carboxylic acids is 2. The molecular weight excluding hydrogens is 884 g/mol. The maximum absolute atomic E-state index is 12.9. The van der Waals surface area contributed by atoms with E-state index < -0.39 is 11.9 Å². The lowest BCUT2D eigenvalue weighted by Crippen LogP contribution is -2.27. The van der Waals surface area contributed by atoms with Gasteiger partial charge in [-0.3, -0.25) is 19.4 Å². The molecule has 2 aromatic heterocycles. The lowest BCUT2D eigenvalue weighted by atomic mass is 10.2. The van der Waals surface area contributed by atoms with Gasteiger partial charge in [0.15, 0.2) is 14.4 Å². The molecule has 8 rings (SSSR count). The molecule has 0 unspecified atom stereocenters. The van der Waals surface area contributed by atoms with Crippen molar-refractivity contribution in [1.82, 2.24) is 0 Å². The van der Waals surface area contributed by atoms with Crippen LogP contribution in [0.2, 0.25) is 10.0 Å². The summed E-state index contributed by atoms with van der Waals surface area (Å²) < 4.78 is 12.2. The fourth-order valence-corrected chi connectivity index (χ4v) is 8.39. The molecule has 2 aliphatic rings. The topological polar surface area (TPSA) is 142 Å². The van der Waals surface area contributed by atoms with Crippen molar-refractivity contribution in [1.29, 1.82) is 0 Å². The highest BCUT2D eigenvalue weighted by Gasteiger charge is 2.35. The molecular formula is C44H24Cl2N2O8S4. The maximum atomic E-state index is 12.9. The van der Waals surface area contributed by atoms with E-state index in [1.807, 2.05) is 30.3 Å². The summed E-state index contributed by atoms with van der Waals surface area (Å²) in [4.78, 5) is 51.2. The number of hydrogen-bond acceptors (Lipinski definition) is 10. The van der Waals surface area contributed by atoms with Crippen molar-refractivity contribution in [2.45, 2.75) is 0 Å². The Morgan fingerprint density at radius 2 is 1.13 bits per heavy atom. The average molecular weight is 908 g/mol. The van der Waals surface area contributed by atoms with Gasteiger partial charge in [0.2, 0.25) is 0 Å². The number of carboxylic acid groups (broad SMARTS) is 2. The second kappa shape index (κ2) is 18.4. The molecule has 296 valence electrons. The molecule has 0 aliphatic carbocycles. The first-order chi connectivity index (χ1) is 28.8. The van der Waals surface area contributed by atoms with Crippen molar-refractivity contribution in [2.24, 2.45) is 0 Å². The fraction of sp³-hybridized carbons (Fsp3) is 0. The molecule has 16 heteroatoms. The summed E-state index contributed by atoms with van der Waals surface area (Å²) in [6.07, 6.45) is 3.24. The van der Waals surface area contributed by atoms with Gasteiger partial charge in [0.05, 0.1) is 42.4 Å². The van der Waals surface area contributed by atoms with Crippen LogP contribution in [-0.2, 0) is 9.59 Å². The van der Waals surface area contributed by atoms with Crippen LogP contribution in [-0.4, -0.2) is 42.6 Å². The van der Waals surface area contributed by atoms with E-state index >= 15 is 0 Å². The summed E-state index contributed by atoms with van der Waals surface area (Å²) in [7, 11) is 0. The van der Waals surface area contributed by atoms with Crippen LogP contribution in [0.1, 0.15) is 43.6 Å². The van der Waals surface area contributed by atoms with Gasteiger partial charge in [0.1, 0.15) is 17.3 Å². The number of anilines is 2. The molecule has 6 aromatic rings. The van der Waals surface area contributed by atoms with Gasteiger partial charge in [0.25, 0.3) is 11.8 Å². The molecule has 0 radical (unpaired) electrons. The van der Waals surface area contributed by atoms with E-state index in [1.165, 1.54) is 34.1 Å². The van der Waals surface area contributed by atoms with Gasteiger partial charge in [-0.25, -0.2) is 9.59 Å². The molecule has 2 saturated heterocycles. The van der Waals surface area contributed by atoms with E-state index in [-0.39, 0.29) is 22.9 Å². The third-order valence-electron chi connectivity index (χ3n) is 8.44. The van der Waals surface area contributed by atoms with E-state index in [2.05, 4.69) is 11.8 Å². The van der Waals surface area contributed by atoms with E-state index in [0.717, 1.165) is 34.7 Å². The first-order valence-electron chi connectivity index (χ1n) is 17.3. The van der Waals surface area contributed by atoms with Crippen molar-refractivity contribution in [2.75, 3.05) is 9.80 Å². The standard InChI is InChI=1S/C23H13NO4S2.C21H11Cl2NO4S2/c25-21-20(30-23(29)24(21)17-9-7-16(8-10-17)22(26)27)14-19-13-12-18(28-19)11-6-15-4-2-1-3-5-15;22-15-7-3-12(9-16(15)23)17-8-6-14(28-17)10-18-19(25)24(21(29)30-18)13-4-1-11(2-5-13)20(26)27/h1-5,7-10,12-14H,(H,26,27);1-10H,(H,26,27). The quantitative estimate of drug-likeness (QED) is 0.0894. The van der Waals surface area contributed by atoms with Crippen LogP contribution in [0.25, 0.3) is 23.5 Å².